The Labute approximate surface area is 102 Å². The van der Waals surface area contributed by atoms with E-state index in [-0.39, 0.29) is 17.8 Å². The topological polar surface area (TPSA) is 56.8 Å². The van der Waals surface area contributed by atoms with Crippen LogP contribution in [-0.2, 0) is 19.0 Å². The predicted molar refractivity (Wildman–Crippen MR) is 61.5 cm³/mol. The molecule has 1 saturated carbocycles. The molecule has 0 aromatic carbocycles. The summed E-state index contributed by atoms with van der Waals surface area (Å²) in [4.78, 5) is 11.3. The van der Waals surface area contributed by atoms with Gasteiger partial charge in [-0.3, -0.25) is 4.79 Å². The number of ether oxygens (including phenoxy) is 3. The second kappa shape index (κ2) is 5.33. The lowest BCUT2D eigenvalue weighted by atomic mass is 9.89. The normalized spacial score (nSPS) is 26.0. The fourth-order valence-corrected chi connectivity index (χ4v) is 2.61. The summed E-state index contributed by atoms with van der Waals surface area (Å²) in [5.74, 6) is -0.536. The zero-order chi connectivity index (χ0) is 12.3. The van der Waals surface area contributed by atoms with Crippen molar-refractivity contribution >= 4 is 5.97 Å². The highest BCUT2D eigenvalue weighted by atomic mass is 16.7. The first kappa shape index (κ1) is 12.8. The van der Waals surface area contributed by atoms with E-state index in [1.54, 1.807) is 0 Å². The minimum atomic E-state index is -0.327. The van der Waals surface area contributed by atoms with Crippen molar-refractivity contribution in [2.24, 2.45) is 0 Å². The molecule has 0 radical (unpaired) electrons. The summed E-state index contributed by atoms with van der Waals surface area (Å²) < 4.78 is 16.0. The summed E-state index contributed by atoms with van der Waals surface area (Å²) in [5.41, 5.74) is 0. The van der Waals surface area contributed by atoms with Crippen LogP contribution in [-0.4, -0.2) is 44.2 Å². The Hall–Kier alpha value is -0.650. The lowest BCUT2D eigenvalue weighted by molar-refractivity contribution is -0.180. The van der Waals surface area contributed by atoms with Crippen LogP contribution in [0.15, 0.2) is 0 Å². The van der Waals surface area contributed by atoms with Gasteiger partial charge in [0.2, 0.25) is 0 Å². The van der Waals surface area contributed by atoms with Crippen LogP contribution >= 0.6 is 0 Å². The summed E-state index contributed by atoms with van der Waals surface area (Å²) >= 11 is 0. The van der Waals surface area contributed by atoms with Crippen LogP contribution in [0.25, 0.3) is 0 Å². The summed E-state index contributed by atoms with van der Waals surface area (Å²) in [6, 6.07) is 0.104. The Bertz CT molecular complexity index is 266. The molecule has 98 valence electrons. The van der Waals surface area contributed by atoms with E-state index in [0.717, 1.165) is 25.7 Å². The van der Waals surface area contributed by atoms with E-state index in [1.165, 1.54) is 7.11 Å². The summed E-state index contributed by atoms with van der Waals surface area (Å²) in [6.45, 7) is 3.24. The van der Waals surface area contributed by atoms with Gasteiger partial charge in [0.15, 0.2) is 5.79 Å². The highest BCUT2D eigenvalue weighted by Crippen LogP contribution is 2.35. The van der Waals surface area contributed by atoms with Crippen molar-refractivity contribution in [2.45, 2.75) is 50.5 Å². The van der Waals surface area contributed by atoms with Gasteiger partial charge in [0, 0.05) is 18.9 Å². The average molecular weight is 243 g/mol. The minimum absolute atomic E-state index is 0.210. The molecule has 2 aliphatic rings. The molecule has 1 atom stereocenters. The third-order valence-electron chi connectivity index (χ3n) is 3.60. The lowest BCUT2D eigenvalue weighted by Gasteiger charge is -2.36. The maximum atomic E-state index is 11.3. The first-order valence-electron chi connectivity index (χ1n) is 6.27. The maximum Gasteiger partial charge on any atom is 0.322 e. The van der Waals surface area contributed by atoms with Crippen LogP contribution < -0.4 is 5.32 Å². The van der Waals surface area contributed by atoms with Gasteiger partial charge < -0.3 is 19.5 Å². The Balaban J connectivity index is 1.77. The summed E-state index contributed by atoms with van der Waals surface area (Å²) in [6.07, 6.45) is 3.75. The van der Waals surface area contributed by atoms with Gasteiger partial charge in [-0.2, -0.15) is 0 Å². The molecule has 1 unspecified atom stereocenters. The molecule has 2 fully saturated rings. The molecule has 17 heavy (non-hydrogen) atoms. The van der Waals surface area contributed by atoms with E-state index < -0.39 is 0 Å². The third-order valence-corrected chi connectivity index (χ3v) is 3.60. The molecule has 1 aliphatic heterocycles. The highest BCUT2D eigenvalue weighted by Gasteiger charge is 2.40. The lowest BCUT2D eigenvalue weighted by Crippen LogP contribution is -2.47. The quantitative estimate of drug-likeness (QED) is 0.744. The Morgan fingerprint density at radius 2 is 1.94 bits per heavy atom. The number of esters is 1. The molecule has 0 aromatic heterocycles. The number of carbonyl (C=O) groups excluding carboxylic acids is 1. The third kappa shape index (κ3) is 2.97. The molecule has 5 heteroatoms. The Kier molecular flexibility index (Phi) is 4.01. The molecule has 1 heterocycles. The number of nitrogens with one attached hydrogen (secondary N) is 1. The number of carbonyl (C=O) groups is 1. The molecule has 0 amide bonds. The predicted octanol–water partition coefficient (Wildman–Crippen LogP) is 0.823. The van der Waals surface area contributed by atoms with Gasteiger partial charge in [0.1, 0.15) is 6.04 Å². The van der Waals surface area contributed by atoms with E-state index in [9.17, 15) is 4.79 Å². The zero-order valence-corrected chi connectivity index (χ0v) is 10.5. The van der Waals surface area contributed by atoms with Crippen molar-refractivity contribution in [2.75, 3.05) is 20.3 Å². The number of hydrogen-bond acceptors (Lipinski definition) is 5. The molecule has 5 nitrogen and oxygen atoms in total. The van der Waals surface area contributed by atoms with E-state index in [0.29, 0.717) is 19.3 Å². The fourth-order valence-electron chi connectivity index (χ4n) is 2.61. The van der Waals surface area contributed by atoms with E-state index in [2.05, 4.69) is 5.32 Å². The first-order valence-corrected chi connectivity index (χ1v) is 6.27. The molecule has 2 rings (SSSR count). The van der Waals surface area contributed by atoms with Gasteiger partial charge in [0.25, 0.3) is 0 Å². The zero-order valence-electron chi connectivity index (χ0n) is 10.5. The van der Waals surface area contributed by atoms with Crippen molar-refractivity contribution in [3.8, 4) is 0 Å². The standard InChI is InChI=1S/C12H21NO4/c1-9(11(14)15-2)13-10-3-5-12(6-4-10)16-7-8-17-12/h9-10,13H,3-8H2,1-2H3. The van der Waals surface area contributed by atoms with Crippen molar-refractivity contribution in [3.05, 3.63) is 0 Å². The van der Waals surface area contributed by atoms with Crippen LogP contribution in [0.1, 0.15) is 32.6 Å². The van der Waals surface area contributed by atoms with E-state index >= 15 is 0 Å². The van der Waals surface area contributed by atoms with Gasteiger partial charge in [0.05, 0.1) is 20.3 Å². The van der Waals surface area contributed by atoms with Gasteiger partial charge >= 0.3 is 5.97 Å². The molecular weight excluding hydrogens is 222 g/mol. The summed E-state index contributed by atoms with van der Waals surface area (Å²) in [7, 11) is 1.41. The van der Waals surface area contributed by atoms with E-state index in [4.69, 9.17) is 14.2 Å². The largest absolute Gasteiger partial charge is 0.468 e. The van der Waals surface area contributed by atoms with Crippen LogP contribution in [0.4, 0.5) is 0 Å². The Morgan fingerprint density at radius 1 is 1.35 bits per heavy atom. The van der Waals surface area contributed by atoms with Gasteiger partial charge in [-0.15, -0.1) is 0 Å². The number of hydrogen-bond donors (Lipinski definition) is 1. The fraction of sp³-hybridized carbons (Fsp3) is 0.917. The van der Waals surface area contributed by atoms with Crippen molar-refractivity contribution in [1.82, 2.24) is 5.32 Å². The maximum absolute atomic E-state index is 11.3. The van der Waals surface area contributed by atoms with E-state index in [1.807, 2.05) is 6.92 Å². The molecule has 0 aromatic rings. The van der Waals surface area contributed by atoms with Crippen molar-refractivity contribution in [1.29, 1.82) is 0 Å². The molecule has 1 saturated heterocycles. The number of methoxy groups -OCH3 is 1. The second-order valence-corrected chi connectivity index (χ2v) is 4.79. The highest BCUT2D eigenvalue weighted by molar-refractivity contribution is 5.75. The van der Waals surface area contributed by atoms with Gasteiger partial charge in [-0.1, -0.05) is 0 Å². The number of rotatable bonds is 3. The second-order valence-electron chi connectivity index (χ2n) is 4.79. The molecule has 1 aliphatic carbocycles. The smallest absolute Gasteiger partial charge is 0.322 e. The van der Waals surface area contributed by atoms with Crippen molar-refractivity contribution in [3.63, 3.8) is 0 Å². The van der Waals surface area contributed by atoms with Gasteiger partial charge in [-0.05, 0) is 19.8 Å². The van der Waals surface area contributed by atoms with Gasteiger partial charge in [-0.25, -0.2) is 0 Å². The van der Waals surface area contributed by atoms with Crippen molar-refractivity contribution < 1.29 is 19.0 Å². The van der Waals surface area contributed by atoms with Crippen LogP contribution in [0.2, 0.25) is 0 Å². The molecular formula is C12H21NO4. The monoisotopic (exact) mass is 243 g/mol. The molecule has 0 bridgehead atoms. The van der Waals surface area contributed by atoms with Crippen LogP contribution in [0, 0.1) is 0 Å². The first-order chi connectivity index (χ1) is 8.15. The van der Waals surface area contributed by atoms with Crippen LogP contribution in [0.3, 0.4) is 0 Å². The molecule has 1 spiro atoms. The Morgan fingerprint density at radius 3 is 2.47 bits per heavy atom. The minimum Gasteiger partial charge on any atom is -0.468 e. The average Bonchev–Trinajstić information content (AvgIpc) is 2.80. The SMILES string of the molecule is COC(=O)C(C)NC1CCC2(CC1)OCCO2. The summed E-state index contributed by atoms with van der Waals surface area (Å²) in [5, 5.41) is 3.29. The van der Waals surface area contributed by atoms with Crippen LogP contribution in [0.5, 0.6) is 0 Å². The molecule has 1 N–H and O–H groups in total.